The van der Waals surface area contributed by atoms with E-state index in [1.165, 1.54) is 0 Å². The summed E-state index contributed by atoms with van der Waals surface area (Å²) in [7, 11) is 0. The largest absolute Gasteiger partial charge is 0.394 e. The Morgan fingerprint density at radius 3 is 2.71 bits per heavy atom. The molecule has 3 unspecified atom stereocenters. The number of nitrogens with zero attached hydrogens (tertiary/aromatic N) is 6. The summed E-state index contributed by atoms with van der Waals surface area (Å²) < 4.78 is 5.46. The van der Waals surface area contributed by atoms with Gasteiger partial charge in [-0.2, -0.15) is 5.26 Å². The molecule has 1 fully saturated rings. The molecule has 0 spiro atoms. The normalized spacial score (nSPS) is 29.6. The van der Waals surface area contributed by atoms with Gasteiger partial charge in [-0.3, -0.25) is 9.98 Å². The molecule has 9 heteroatoms. The third-order valence-corrected chi connectivity index (χ3v) is 6.62. The predicted molar refractivity (Wildman–Crippen MR) is 127 cm³/mol. The van der Waals surface area contributed by atoms with Gasteiger partial charge in [0, 0.05) is 24.2 Å². The van der Waals surface area contributed by atoms with Crippen molar-refractivity contribution in [2.75, 3.05) is 39.5 Å². The van der Waals surface area contributed by atoms with Crippen LogP contribution in [0.15, 0.2) is 37.7 Å². The second-order valence-electron chi connectivity index (χ2n) is 7.90. The molecule has 3 atom stereocenters. The van der Waals surface area contributed by atoms with Crippen LogP contribution in [0.1, 0.15) is 34.1 Å². The highest BCUT2D eigenvalue weighted by atomic mass is 32.2. The van der Waals surface area contributed by atoms with Crippen LogP contribution in [-0.2, 0) is 4.74 Å². The molecule has 0 radical (unpaired) electrons. The van der Waals surface area contributed by atoms with Crippen LogP contribution < -0.4 is 0 Å². The quantitative estimate of drug-likeness (QED) is 0.715. The Balaban J connectivity index is 1.91. The fourth-order valence-electron chi connectivity index (χ4n) is 3.78. The van der Waals surface area contributed by atoms with Gasteiger partial charge in [-0.1, -0.05) is 18.7 Å². The van der Waals surface area contributed by atoms with E-state index in [1.54, 1.807) is 11.8 Å². The molecule has 31 heavy (non-hydrogen) atoms. The van der Waals surface area contributed by atoms with Gasteiger partial charge < -0.3 is 19.6 Å². The van der Waals surface area contributed by atoms with Crippen LogP contribution in [0, 0.1) is 11.3 Å². The average Bonchev–Trinajstić information content (AvgIpc) is 2.84. The first-order chi connectivity index (χ1) is 15.0. The van der Waals surface area contributed by atoms with Gasteiger partial charge >= 0.3 is 0 Å². The van der Waals surface area contributed by atoms with Gasteiger partial charge in [-0.05, 0) is 38.8 Å². The van der Waals surface area contributed by atoms with Crippen molar-refractivity contribution in [2.24, 2.45) is 15.0 Å². The molecule has 8 nitrogen and oxygen atoms in total. The molecule has 168 valence electrons. The Morgan fingerprint density at radius 1 is 1.32 bits per heavy atom. The number of aliphatic imine (C=N–C) groups is 3. The van der Waals surface area contributed by atoms with Crippen LogP contribution in [0.3, 0.4) is 0 Å². The SMILES string of the molecule is CCC(CO)N1/C=C(/C)CN=C(C2=CC(C#N)N=C(N3CCOCC3)S2)/C(C)=N\C1C. The standard InChI is InChI=1S/C22H32N6O2S/c1-5-19(14-29)28-13-15(2)12-24-21(16(3)25-17(28)4)20-10-18(11-23)26-22(31-20)27-6-8-30-9-7-27/h10,13,17-19,29H,5-9,12,14H2,1-4H3/b15-13-,24-21?,25-16-. The lowest BCUT2D eigenvalue weighted by atomic mass is 10.1. The molecule has 0 aromatic carbocycles. The number of hydrogen-bond acceptors (Lipinski definition) is 9. The van der Waals surface area contributed by atoms with Crippen molar-refractivity contribution in [1.82, 2.24) is 9.80 Å². The van der Waals surface area contributed by atoms with Crippen molar-refractivity contribution in [1.29, 1.82) is 5.26 Å². The van der Waals surface area contributed by atoms with E-state index < -0.39 is 6.04 Å². The topological polar surface area (TPSA) is 96.8 Å². The van der Waals surface area contributed by atoms with Crippen LogP contribution in [0.2, 0.25) is 0 Å². The van der Waals surface area contributed by atoms with Crippen molar-refractivity contribution in [3.05, 3.63) is 22.8 Å². The molecule has 0 amide bonds. The first-order valence-corrected chi connectivity index (χ1v) is 11.6. The molecule has 0 aromatic rings. The number of allylic oxidation sites excluding steroid dienone is 1. The highest BCUT2D eigenvalue weighted by Gasteiger charge is 2.27. The first kappa shape index (κ1) is 23.5. The number of ether oxygens (including phenoxy) is 1. The molecule has 1 N–H and O–H groups in total. The maximum atomic E-state index is 9.83. The molecule has 0 saturated carbocycles. The summed E-state index contributed by atoms with van der Waals surface area (Å²) in [5, 5.41) is 20.3. The number of nitriles is 1. The average molecular weight is 445 g/mol. The Hall–Kier alpha value is -2.15. The monoisotopic (exact) mass is 444 g/mol. The molecular weight excluding hydrogens is 412 g/mol. The molecule has 3 aliphatic rings. The van der Waals surface area contributed by atoms with E-state index >= 15 is 0 Å². The van der Waals surface area contributed by atoms with Gasteiger partial charge in [0.25, 0.3) is 0 Å². The summed E-state index contributed by atoms with van der Waals surface area (Å²) in [4.78, 5) is 19.6. The number of amidine groups is 1. The van der Waals surface area contributed by atoms with Crippen molar-refractivity contribution in [3.63, 3.8) is 0 Å². The number of hydrogen-bond donors (Lipinski definition) is 1. The lowest BCUT2D eigenvalue weighted by Gasteiger charge is -2.33. The van der Waals surface area contributed by atoms with Gasteiger partial charge in [0.1, 0.15) is 6.17 Å². The van der Waals surface area contributed by atoms with Crippen molar-refractivity contribution in [2.45, 2.75) is 52.4 Å². The zero-order valence-electron chi connectivity index (χ0n) is 18.8. The Bertz CT molecular complexity index is 847. The minimum Gasteiger partial charge on any atom is -0.394 e. The highest BCUT2D eigenvalue weighted by Crippen LogP contribution is 2.29. The molecule has 3 aliphatic heterocycles. The van der Waals surface area contributed by atoms with Gasteiger partial charge in [0.05, 0.1) is 49.9 Å². The second kappa shape index (κ2) is 10.9. The smallest absolute Gasteiger partial charge is 0.165 e. The van der Waals surface area contributed by atoms with Gasteiger partial charge in [0.2, 0.25) is 0 Å². The van der Waals surface area contributed by atoms with Crippen LogP contribution in [0.25, 0.3) is 0 Å². The molecule has 3 heterocycles. The fourth-order valence-corrected chi connectivity index (χ4v) is 4.96. The summed E-state index contributed by atoms with van der Waals surface area (Å²) in [6, 6.07) is 1.74. The number of aliphatic hydroxyl groups excluding tert-OH is 1. The maximum Gasteiger partial charge on any atom is 0.165 e. The Morgan fingerprint density at radius 2 is 2.06 bits per heavy atom. The van der Waals surface area contributed by atoms with E-state index in [1.807, 2.05) is 26.8 Å². The fraction of sp³-hybridized carbons (Fsp3) is 0.636. The van der Waals surface area contributed by atoms with Crippen LogP contribution in [0.4, 0.5) is 0 Å². The summed E-state index contributed by atoms with van der Waals surface area (Å²) in [5.74, 6) is 0. The van der Waals surface area contributed by atoms with E-state index in [2.05, 4.69) is 34.0 Å². The molecule has 0 bridgehead atoms. The van der Waals surface area contributed by atoms with E-state index in [0.29, 0.717) is 19.8 Å². The predicted octanol–water partition coefficient (Wildman–Crippen LogP) is 2.44. The maximum absolute atomic E-state index is 9.83. The zero-order valence-corrected chi connectivity index (χ0v) is 19.6. The van der Waals surface area contributed by atoms with Gasteiger partial charge in [-0.25, -0.2) is 4.99 Å². The third kappa shape index (κ3) is 5.76. The van der Waals surface area contributed by atoms with E-state index in [9.17, 15) is 10.4 Å². The summed E-state index contributed by atoms with van der Waals surface area (Å²) in [6.45, 7) is 11.6. The number of rotatable bonds is 4. The summed E-state index contributed by atoms with van der Waals surface area (Å²) >= 11 is 1.55. The number of aliphatic hydroxyl groups is 1. The zero-order chi connectivity index (χ0) is 22.4. The molecular formula is C22H32N6O2S. The van der Waals surface area contributed by atoms with Gasteiger partial charge in [0.15, 0.2) is 11.2 Å². The van der Waals surface area contributed by atoms with Crippen molar-refractivity contribution < 1.29 is 9.84 Å². The van der Waals surface area contributed by atoms with E-state index in [4.69, 9.17) is 14.7 Å². The molecule has 3 rings (SSSR count). The van der Waals surface area contributed by atoms with E-state index in [0.717, 1.165) is 46.6 Å². The van der Waals surface area contributed by atoms with Gasteiger partial charge in [-0.15, -0.1) is 0 Å². The van der Waals surface area contributed by atoms with Crippen LogP contribution >= 0.6 is 11.8 Å². The highest BCUT2D eigenvalue weighted by molar-refractivity contribution is 8.18. The van der Waals surface area contributed by atoms with Crippen LogP contribution in [-0.4, -0.2) is 89.2 Å². The summed E-state index contributed by atoms with van der Waals surface area (Å²) in [6.07, 6.45) is 4.65. The lowest BCUT2D eigenvalue weighted by molar-refractivity contribution is 0.0692. The summed E-state index contributed by atoms with van der Waals surface area (Å²) in [5.41, 5.74) is 2.73. The Labute approximate surface area is 189 Å². The van der Waals surface area contributed by atoms with Crippen molar-refractivity contribution in [3.8, 4) is 6.07 Å². The molecule has 0 aliphatic carbocycles. The molecule has 0 aromatic heterocycles. The number of morpholine rings is 1. The van der Waals surface area contributed by atoms with E-state index in [-0.39, 0.29) is 18.8 Å². The Kier molecular flexibility index (Phi) is 8.29. The van der Waals surface area contributed by atoms with Crippen LogP contribution in [0.5, 0.6) is 0 Å². The number of thioether (sulfide) groups is 1. The molecule has 1 saturated heterocycles. The third-order valence-electron chi connectivity index (χ3n) is 5.52. The second-order valence-corrected chi connectivity index (χ2v) is 8.91. The minimum atomic E-state index is -0.540. The van der Waals surface area contributed by atoms with Crippen molar-refractivity contribution >= 4 is 28.4 Å². The minimum absolute atomic E-state index is 0.00865. The lowest BCUT2D eigenvalue weighted by Crippen LogP contribution is -2.41. The first-order valence-electron chi connectivity index (χ1n) is 10.8.